The molecule has 23 heavy (non-hydrogen) atoms. The van der Waals surface area contributed by atoms with Crippen LogP contribution < -0.4 is 10.5 Å². The van der Waals surface area contributed by atoms with E-state index in [0.29, 0.717) is 37.7 Å². The summed E-state index contributed by atoms with van der Waals surface area (Å²) < 4.78 is 11.1. The Morgan fingerprint density at radius 3 is 2.65 bits per heavy atom. The maximum atomic E-state index is 12.9. The molecule has 1 unspecified atom stereocenters. The van der Waals surface area contributed by atoms with Crippen LogP contribution in [0.3, 0.4) is 0 Å². The standard InChI is InChI=1S/C17H22N2O4/c1-11-14-3-2-13(16(18)20)10-15(14)23-9-6-19(11)17(21)12-4-7-22-8-5-12/h2-3,10-12H,4-9H2,1H3,(H2,18,20)/p+1. The first-order valence-electron chi connectivity index (χ1n) is 8.09. The quantitative estimate of drug-likeness (QED) is 0.873. The van der Waals surface area contributed by atoms with Gasteiger partial charge in [0.1, 0.15) is 12.4 Å². The number of rotatable bonds is 2. The van der Waals surface area contributed by atoms with Crippen molar-refractivity contribution in [1.29, 1.82) is 0 Å². The van der Waals surface area contributed by atoms with E-state index in [-0.39, 0.29) is 23.8 Å². The molecule has 1 fully saturated rings. The molecule has 2 aliphatic rings. The van der Waals surface area contributed by atoms with Crippen molar-refractivity contribution in [3.8, 4) is 5.75 Å². The molecular formula is C17H23N2O4+. The number of carbonyl (C=O) groups is 2. The van der Waals surface area contributed by atoms with Crippen molar-refractivity contribution in [3.63, 3.8) is 0 Å². The summed E-state index contributed by atoms with van der Waals surface area (Å²) >= 11 is 0. The van der Waals surface area contributed by atoms with Gasteiger partial charge in [-0.2, -0.15) is 0 Å². The minimum absolute atomic E-state index is 0.0356. The van der Waals surface area contributed by atoms with Crippen LogP contribution in [0, 0.1) is 5.92 Å². The van der Waals surface area contributed by atoms with Crippen molar-refractivity contribution in [3.05, 3.63) is 29.3 Å². The predicted octanol–water partition coefficient (Wildman–Crippen LogP) is 0.777. The SMILES string of the molecule is CC1c2ccc(C([NH3+])=O)cc2OCCN1C(=O)C1CCOCC1. The molecular weight excluding hydrogens is 296 g/mol. The molecule has 2 heterocycles. The fraction of sp³-hybridized carbons (Fsp3) is 0.529. The molecule has 1 aromatic rings. The summed E-state index contributed by atoms with van der Waals surface area (Å²) in [5.74, 6) is 0.653. The van der Waals surface area contributed by atoms with Crippen LogP contribution in [0.15, 0.2) is 18.2 Å². The maximum Gasteiger partial charge on any atom is 0.341 e. The van der Waals surface area contributed by atoms with Crippen LogP contribution in [-0.2, 0) is 9.53 Å². The Morgan fingerprint density at radius 2 is 1.96 bits per heavy atom. The average Bonchev–Trinajstić information content (AvgIpc) is 2.73. The molecule has 6 nitrogen and oxygen atoms in total. The summed E-state index contributed by atoms with van der Waals surface area (Å²) in [4.78, 5) is 26.2. The molecule has 2 aliphatic heterocycles. The highest BCUT2D eigenvalue weighted by molar-refractivity contribution is 5.86. The zero-order chi connectivity index (χ0) is 16.4. The first-order chi connectivity index (χ1) is 11.1. The summed E-state index contributed by atoms with van der Waals surface area (Å²) in [6.45, 7) is 4.30. The zero-order valence-electron chi connectivity index (χ0n) is 13.4. The normalized spacial score (nSPS) is 22.0. The summed E-state index contributed by atoms with van der Waals surface area (Å²) in [7, 11) is 0. The van der Waals surface area contributed by atoms with Gasteiger partial charge < -0.3 is 14.4 Å². The van der Waals surface area contributed by atoms with Crippen molar-refractivity contribution in [2.45, 2.75) is 25.8 Å². The van der Waals surface area contributed by atoms with E-state index < -0.39 is 0 Å². The Balaban J connectivity index is 1.84. The number of amides is 2. The van der Waals surface area contributed by atoms with Crippen LogP contribution in [0.1, 0.15) is 41.7 Å². The number of hydrogen-bond acceptors (Lipinski definition) is 4. The van der Waals surface area contributed by atoms with E-state index in [0.717, 1.165) is 18.4 Å². The van der Waals surface area contributed by atoms with Crippen molar-refractivity contribution in [2.24, 2.45) is 5.92 Å². The number of benzene rings is 1. The smallest absolute Gasteiger partial charge is 0.341 e. The van der Waals surface area contributed by atoms with Gasteiger partial charge in [0.25, 0.3) is 0 Å². The van der Waals surface area contributed by atoms with Gasteiger partial charge in [0, 0.05) is 24.7 Å². The second-order valence-corrected chi connectivity index (χ2v) is 6.12. The molecule has 0 aromatic heterocycles. The Hall–Kier alpha value is -1.92. The van der Waals surface area contributed by atoms with E-state index in [1.807, 2.05) is 17.9 Å². The third-order valence-corrected chi connectivity index (χ3v) is 4.70. The second-order valence-electron chi connectivity index (χ2n) is 6.12. The van der Waals surface area contributed by atoms with E-state index in [4.69, 9.17) is 9.47 Å². The molecule has 0 radical (unpaired) electrons. The number of ether oxygens (including phenoxy) is 2. The van der Waals surface area contributed by atoms with Gasteiger partial charge in [-0.15, -0.1) is 0 Å². The summed E-state index contributed by atoms with van der Waals surface area (Å²) in [6, 6.07) is 5.27. The lowest BCUT2D eigenvalue weighted by Gasteiger charge is -2.32. The van der Waals surface area contributed by atoms with Crippen molar-refractivity contribution in [2.75, 3.05) is 26.4 Å². The third-order valence-electron chi connectivity index (χ3n) is 4.70. The number of hydrogen-bond donors (Lipinski definition) is 1. The Labute approximate surface area is 135 Å². The van der Waals surface area contributed by atoms with Crippen molar-refractivity contribution < 1.29 is 24.8 Å². The second kappa shape index (κ2) is 6.68. The molecule has 0 saturated carbocycles. The molecule has 3 rings (SSSR count). The number of fused-ring (bicyclic) bond motifs is 1. The molecule has 0 spiro atoms. The highest BCUT2D eigenvalue weighted by atomic mass is 16.5. The average molecular weight is 319 g/mol. The van der Waals surface area contributed by atoms with Gasteiger partial charge in [0.15, 0.2) is 0 Å². The lowest BCUT2D eigenvalue weighted by atomic mass is 9.96. The monoisotopic (exact) mass is 319 g/mol. The largest absolute Gasteiger partial charge is 0.491 e. The molecule has 0 bridgehead atoms. The van der Waals surface area contributed by atoms with Gasteiger partial charge in [0.05, 0.1) is 18.2 Å². The Bertz CT molecular complexity index is 611. The summed E-state index contributed by atoms with van der Waals surface area (Å²) in [5, 5.41) is 0. The van der Waals surface area contributed by atoms with Crippen LogP contribution >= 0.6 is 0 Å². The fourth-order valence-electron chi connectivity index (χ4n) is 3.27. The van der Waals surface area contributed by atoms with Crippen molar-refractivity contribution in [1.82, 2.24) is 4.90 Å². The van der Waals surface area contributed by atoms with Crippen LogP contribution in [-0.4, -0.2) is 43.1 Å². The molecule has 124 valence electrons. The minimum Gasteiger partial charge on any atom is -0.491 e. The van der Waals surface area contributed by atoms with Gasteiger partial charge in [-0.25, -0.2) is 4.79 Å². The molecule has 0 aliphatic carbocycles. The molecule has 2 amide bonds. The summed E-state index contributed by atoms with van der Waals surface area (Å²) in [5.41, 5.74) is 4.90. The first-order valence-corrected chi connectivity index (χ1v) is 8.09. The summed E-state index contributed by atoms with van der Waals surface area (Å²) in [6.07, 6.45) is 1.56. The van der Waals surface area contributed by atoms with Crippen LogP contribution in [0.2, 0.25) is 0 Å². The Kier molecular flexibility index (Phi) is 4.63. The van der Waals surface area contributed by atoms with Crippen molar-refractivity contribution >= 4 is 11.8 Å². The molecule has 1 saturated heterocycles. The molecule has 1 aromatic carbocycles. The van der Waals surface area contributed by atoms with E-state index >= 15 is 0 Å². The van der Waals surface area contributed by atoms with Gasteiger partial charge >= 0.3 is 5.91 Å². The molecule has 6 heteroatoms. The van der Waals surface area contributed by atoms with E-state index in [1.165, 1.54) is 0 Å². The Morgan fingerprint density at radius 1 is 1.22 bits per heavy atom. The van der Waals surface area contributed by atoms with Crippen LogP contribution in [0.25, 0.3) is 0 Å². The minimum atomic E-state index is -0.233. The highest BCUT2D eigenvalue weighted by Gasteiger charge is 2.32. The number of quaternary nitrogens is 1. The molecule has 1 atom stereocenters. The third kappa shape index (κ3) is 3.23. The van der Waals surface area contributed by atoms with Crippen LogP contribution in [0.4, 0.5) is 0 Å². The maximum absolute atomic E-state index is 12.9. The lowest BCUT2D eigenvalue weighted by molar-refractivity contribution is -0.255. The fourth-order valence-corrected chi connectivity index (χ4v) is 3.27. The number of carbonyl (C=O) groups excluding carboxylic acids is 2. The first kappa shape index (κ1) is 16.0. The topological polar surface area (TPSA) is 83.5 Å². The predicted molar refractivity (Wildman–Crippen MR) is 82.8 cm³/mol. The van der Waals surface area contributed by atoms with Gasteiger partial charge in [-0.05, 0) is 31.9 Å². The number of nitrogens with zero attached hydrogens (tertiary/aromatic N) is 1. The van der Waals surface area contributed by atoms with E-state index in [2.05, 4.69) is 5.73 Å². The van der Waals surface area contributed by atoms with Gasteiger partial charge in [-0.1, -0.05) is 6.07 Å². The highest BCUT2D eigenvalue weighted by Crippen LogP contribution is 2.34. The van der Waals surface area contributed by atoms with Gasteiger partial charge in [0.2, 0.25) is 5.91 Å². The zero-order valence-corrected chi connectivity index (χ0v) is 13.4. The molecule has 3 N–H and O–H groups in total. The van der Waals surface area contributed by atoms with E-state index in [1.54, 1.807) is 12.1 Å². The van der Waals surface area contributed by atoms with E-state index in [9.17, 15) is 9.59 Å². The van der Waals surface area contributed by atoms with Crippen LogP contribution in [0.5, 0.6) is 5.75 Å². The lowest BCUT2D eigenvalue weighted by Crippen LogP contribution is -2.56. The van der Waals surface area contributed by atoms with Gasteiger partial charge in [-0.3, -0.25) is 10.5 Å².